The Morgan fingerprint density at radius 1 is 1.10 bits per heavy atom. The number of amides is 1. The molecule has 2 N–H and O–H groups in total. The zero-order valence-corrected chi connectivity index (χ0v) is 18.1. The van der Waals surface area contributed by atoms with Gasteiger partial charge in [-0.15, -0.1) is 0 Å². The number of piperidine rings is 1. The van der Waals surface area contributed by atoms with E-state index in [9.17, 15) is 13.6 Å². The summed E-state index contributed by atoms with van der Waals surface area (Å²) in [7, 11) is 0. The molecule has 2 atom stereocenters. The molecule has 4 rings (SSSR count). The van der Waals surface area contributed by atoms with Crippen LogP contribution in [0.1, 0.15) is 52.3 Å². The van der Waals surface area contributed by atoms with Crippen molar-refractivity contribution in [3.63, 3.8) is 0 Å². The van der Waals surface area contributed by atoms with Gasteiger partial charge in [-0.3, -0.25) is 4.79 Å². The van der Waals surface area contributed by atoms with Crippen LogP contribution in [0.3, 0.4) is 0 Å². The Morgan fingerprint density at radius 3 is 2.40 bits per heavy atom. The number of aromatic nitrogens is 2. The van der Waals surface area contributed by atoms with Crippen LogP contribution in [0.5, 0.6) is 0 Å². The minimum atomic E-state index is -2.69. The minimum absolute atomic E-state index is 0.0505. The van der Waals surface area contributed by atoms with E-state index in [1.165, 1.54) is 0 Å². The van der Waals surface area contributed by atoms with E-state index in [0.717, 1.165) is 19.4 Å². The summed E-state index contributed by atoms with van der Waals surface area (Å²) in [5.74, 6) is -0.670. The number of anilines is 2. The average Bonchev–Trinajstić information content (AvgIpc) is 3.23. The number of hydrogen-bond acceptors (Lipinski definition) is 6. The van der Waals surface area contributed by atoms with Crippen molar-refractivity contribution in [2.24, 2.45) is 5.73 Å². The maximum absolute atomic E-state index is 13.8. The van der Waals surface area contributed by atoms with Gasteiger partial charge in [-0.2, -0.15) is 0 Å². The fourth-order valence-electron chi connectivity index (χ4n) is 4.52. The number of halogens is 2. The molecule has 30 heavy (non-hydrogen) atoms. The summed E-state index contributed by atoms with van der Waals surface area (Å²) < 4.78 is 27.6. The second-order valence-corrected chi connectivity index (χ2v) is 9.87. The number of nitrogens with zero attached hydrogens (tertiary/aromatic N) is 5. The standard InChI is InChI=1S/C21H32F2N6O/c1-20(2,3)19-25-16(27-9-7-21(22,23)13-27)10-17(26-19)28-11-14(24)15(12-28)29-8-5-4-6-18(29)30/h10,14-15H,4-9,11-13,24H2,1-3H3/t14-,15-/m0/s1. The van der Waals surface area contributed by atoms with Crippen molar-refractivity contribution in [2.45, 2.75) is 69.9 Å². The summed E-state index contributed by atoms with van der Waals surface area (Å²) in [5.41, 5.74) is 6.11. The molecular weight excluding hydrogens is 390 g/mol. The topological polar surface area (TPSA) is 78.6 Å². The van der Waals surface area contributed by atoms with Gasteiger partial charge in [0.1, 0.15) is 17.5 Å². The Morgan fingerprint density at radius 2 is 1.80 bits per heavy atom. The van der Waals surface area contributed by atoms with Crippen LogP contribution in [-0.2, 0) is 10.2 Å². The number of nitrogens with two attached hydrogens (primary N) is 1. The van der Waals surface area contributed by atoms with Crippen molar-refractivity contribution in [1.82, 2.24) is 14.9 Å². The predicted molar refractivity (Wildman–Crippen MR) is 112 cm³/mol. The van der Waals surface area contributed by atoms with Crippen molar-refractivity contribution < 1.29 is 13.6 Å². The molecule has 9 heteroatoms. The van der Waals surface area contributed by atoms with Crippen LogP contribution in [0.4, 0.5) is 20.4 Å². The molecule has 0 aromatic carbocycles. The summed E-state index contributed by atoms with van der Waals surface area (Å²) in [5, 5.41) is 0. The third-order valence-corrected chi connectivity index (χ3v) is 6.28. The van der Waals surface area contributed by atoms with Gasteiger partial charge in [0.25, 0.3) is 5.92 Å². The lowest BCUT2D eigenvalue weighted by Crippen LogP contribution is -2.51. The van der Waals surface area contributed by atoms with Gasteiger partial charge in [-0.05, 0) is 12.8 Å². The summed E-state index contributed by atoms with van der Waals surface area (Å²) in [6, 6.07) is 1.58. The highest BCUT2D eigenvalue weighted by Gasteiger charge is 2.41. The lowest BCUT2D eigenvalue weighted by Gasteiger charge is -2.34. The van der Waals surface area contributed by atoms with Gasteiger partial charge in [0, 0.05) is 56.5 Å². The summed E-state index contributed by atoms with van der Waals surface area (Å²) in [6.45, 7) is 7.91. The van der Waals surface area contributed by atoms with Crippen molar-refractivity contribution >= 4 is 17.5 Å². The van der Waals surface area contributed by atoms with Crippen molar-refractivity contribution in [2.75, 3.05) is 42.5 Å². The highest BCUT2D eigenvalue weighted by Crippen LogP contribution is 2.34. The molecule has 0 unspecified atom stereocenters. The molecule has 3 saturated heterocycles. The second kappa shape index (κ2) is 7.59. The first-order chi connectivity index (χ1) is 14.0. The molecule has 0 saturated carbocycles. The van der Waals surface area contributed by atoms with Gasteiger partial charge in [0.05, 0.1) is 12.6 Å². The zero-order chi connectivity index (χ0) is 21.7. The Bertz CT molecular complexity index is 811. The van der Waals surface area contributed by atoms with Crippen LogP contribution < -0.4 is 15.5 Å². The molecular formula is C21H32F2N6O. The number of carbonyl (C=O) groups excluding carboxylic acids is 1. The number of alkyl halides is 2. The van der Waals surface area contributed by atoms with Gasteiger partial charge in [0.15, 0.2) is 0 Å². The Hall–Kier alpha value is -2.03. The number of carbonyl (C=O) groups is 1. The van der Waals surface area contributed by atoms with E-state index in [4.69, 9.17) is 10.7 Å². The Balaban J connectivity index is 1.61. The van der Waals surface area contributed by atoms with E-state index in [2.05, 4.69) is 9.88 Å². The lowest BCUT2D eigenvalue weighted by atomic mass is 9.96. The molecule has 166 valence electrons. The van der Waals surface area contributed by atoms with E-state index in [1.54, 1.807) is 11.0 Å². The third kappa shape index (κ3) is 4.22. The molecule has 0 radical (unpaired) electrons. The first-order valence-corrected chi connectivity index (χ1v) is 10.9. The number of hydrogen-bond donors (Lipinski definition) is 1. The van der Waals surface area contributed by atoms with Crippen LogP contribution in [0.2, 0.25) is 0 Å². The van der Waals surface area contributed by atoms with E-state index >= 15 is 0 Å². The average molecular weight is 423 g/mol. The Kier molecular flexibility index (Phi) is 5.36. The summed E-state index contributed by atoms with van der Waals surface area (Å²) in [4.78, 5) is 27.4. The molecule has 1 aromatic heterocycles. The predicted octanol–water partition coefficient (Wildman–Crippen LogP) is 2.15. The largest absolute Gasteiger partial charge is 0.353 e. The van der Waals surface area contributed by atoms with Crippen LogP contribution in [0, 0.1) is 0 Å². The monoisotopic (exact) mass is 422 g/mol. The summed E-state index contributed by atoms with van der Waals surface area (Å²) in [6.07, 6.45) is 2.36. The molecule has 3 fully saturated rings. The van der Waals surface area contributed by atoms with E-state index in [0.29, 0.717) is 37.0 Å². The van der Waals surface area contributed by atoms with Gasteiger partial charge >= 0.3 is 0 Å². The zero-order valence-electron chi connectivity index (χ0n) is 18.1. The van der Waals surface area contributed by atoms with Crippen molar-refractivity contribution in [1.29, 1.82) is 0 Å². The minimum Gasteiger partial charge on any atom is -0.353 e. The quantitative estimate of drug-likeness (QED) is 0.804. The number of rotatable bonds is 3. The fourth-order valence-corrected chi connectivity index (χ4v) is 4.52. The highest BCUT2D eigenvalue weighted by atomic mass is 19.3. The second-order valence-electron chi connectivity index (χ2n) is 9.87. The highest BCUT2D eigenvalue weighted by molar-refractivity contribution is 5.77. The van der Waals surface area contributed by atoms with Crippen LogP contribution in [0.25, 0.3) is 0 Å². The fraction of sp³-hybridized carbons (Fsp3) is 0.762. The van der Waals surface area contributed by atoms with Crippen molar-refractivity contribution in [3.8, 4) is 0 Å². The van der Waals surface area contributed by atoms with E-state index < -0.39 is 5.92 Å². The SMILES string of the molecule is CC(C)(C)c1nc(N2C[C@H](N)[C@@H](N3CCCCC3=O)C2)cc(N2CCC(F)(F)C2)n1. The first-order valence-electron chi connectivity index (χ1n) is 10.9. The maximum atomic E-state index is 13.8. The first kappa shape index (κ1) is 21.2. The maximum Gasteiger partial charge on any atom is 0.266 e. The molecule has 1 amide bonds. The molecule has 7 nitrogen and oxygen atoms in total. The van der Waals surface area contributed by atoms with Crippen LogP contribution >= 0.6 is 0 Å². The van der Waals surface area contributed by atoms with Crippen LogP contribution in [-0.4, -0.2) is 71.5 Å². The molecule has 3 aliphatic rings. The van der Waals surface area contributed by atoms with Gasteiger partial charge in [-0.25, -0.2) is 18.7 Å². The normalized spacial score (nSPS) is 27.3. The Labute approximate surface area is 176 Å². The smallest absolute Gasteiger partial charge is 0.266 e. The van der Waals surface area contributed by atoms with Gasteiger partial charge in [0.2, 0.25) is 5.91 Å². The van der Waals surface area contributed by atoms with Crippen molar-refractivity contribution in [3.05, 3.63) is 11.9 Å². The molecule has 0 aliphatic carbocycles. The molecule has 4 heterocycles. The van der Waals surface area contributed by atoms with E-state index in [1.807, 2.05) is 25.7 Å². The molecule has 0 spiro atoms. The lowest BCUT2D eigenvalue weighted by molar-refractivity contribution is -0.135. The third-order valence-electron chi connectivity index (χ3n) is 6.28. The molecule has 3 aliphatic heterocycles. The van der Waals surface area contributed by atoms with Gasteiger partial charge < -0.3 is 20.4 Å². The molecule has 0 bridgehead atoms. The summed E-state index contributed by atoms with van der Waals surface area (Å²) >= 11 is 0. The van der Waals surface area contributed by atoms with E-state index in [-0.39, 0.29) is 42.9 Å². The van der Waals surface area contributed by atoms with Gasteiger partial charge in [-0.1, -0.05) is 20.8 Å². The van der Waals surface area contributed by atoms with Crippen LogP contribution in [0.15, 0.2) is 6.07 Å². The molecule has 1 aromatic rings. The number of likely N-dealkylation sites (tertiary alicyclic amines) is 1.